The molecule has 0 aliphatic heterocycles. The molecular formula is C14H10Cl2N2O2S. The van der Waals surface area contributed by atoms with E-state index in [4.69, 9.17) is 28.5 Å². The third-order valence-corrected chi connectivity index (χ3v) is 5.05. The van der Waals surface area contributed by atoms with Crippen molar-refractivity contribution in [2.45, 2.75) is 11.4 Å². The lowest BCUT2D eigenvalue weighted by Crippen LogP contribution is -2.23. The first-order valence-corrected chi connectivity index (χ1v) is 8.10. The number of nitrogens with one attached hydrogen (secondary N) is 1. The van der Waals surface area contributed by atoms with Gasteiger partial charge in [0.15, 0.2) is 0 Å². The second-order valence-electron chi connectivity index (χ2n) is 4.17. The highest BCUT2D eigenvalue weighted by Gasteiger charge is 2.14. The number of nitriles is 1. The molecule has 0 heterocycles. The maximum Gasteiger partial charge on any atom is 0.240 e. The average molecular weight is 341 g/mol. The predicted molar refractivity (Wildman–Crippen MR) is 81.6 cm³/mol. The Bertz CT molecular complexity index is 797. The molecule has 0 spiro atoms. The molecule has 21 heavy (non-hydrogen) atoms. The number of halogens is 2. The zero-order valence-electron chi connectivity index (χ0n) is 10.7. The van der Waals surface area contributed by atoms with E-state index in [9.17, 15) is 8.42 Å². The van der Waals surface area contributed by atoms with Crippen LogP contribution in [0.15, 0.2) is 47.4 Å². The zero-order chi connectivity index (χ0) is 15.5. The van der Waals surface area contributed by atoms with Crippen molar-refractivity contribution in [3.63, 3.8) is 0 Å². The molecule has 4 nitrogen and oxygen atoms in total. The molecule has 0 saturated heterocycles. The standard InChI is InChI=1S/C14H10Cl2N2O2S/c15-13-3-1-2-11(14(13)16)9-18-21(19,20)12-6-4-10(8-17)5-7-12/h1-7,18H,9H2. The monoisotopic (exact) mass is 340 g/mol. The van der Waals surface area contributed by atoms with Gasteiger partial charge in [0.1, 0.15) is 0 Å². The van der Waals surface area contributed by atoms with Crippen molar-refractivity contribution in [2.24, 2.45) is 0 Å². The summed E-state index contributed by atoms with van der Waals surface area (Å²) in [7, 11) is -3.67. The summed E-state index contributed by atoms with van der Waals surface area (Å²) in [6.45, 7) is 0.0295. The van der Waals surface area contributed by atoms with Gasteiger partial charge in [-0.25, -0.2) is 13.1 Å². The van der Waals surface area contributed by atoms with E-state index in [1.165, 1.54) is 24.3 Å². The number of hydrogen-bond donors (Lipinski definition) is 1. The van der Waals surface area contributed by atoms with Gasteiger partial charge < -0.3 is 0 Å². The second kappa shape index (κ2) is 6.46. The minimum absolute atomic E-state index is 0.0295. The molecule has 0 aliphatic carbocycles. The highest BCUT2D eigenvalue weighted by atomic mass is 35.5. The Labute approximate surface area is 133 Å². The van der Waals surface area contributed by atoms with Crippen molar-refractivity contribution in [3.05, 3.63) is 63.6 Å². The first-order valence-electron chi connectivity index (χ1n) is 5.87. The molecule has 0 saturated carbocycles. The van der Waals surface area contributed by atoms with Crippen molar-refractivity contribution < 1.29 is 8.42 Å². The van der Waals surface area contributed by atoms with Gasteiger partial charge in [0.05, 0.1) is 26.6 Å². The van der Waals surface area contributed by atoms with Gasteiger partial charge in [-0.05, 0) is 35.9 Å². The highest BCUT2D eigenvalue weighted by Crippen LogP contribution is 2.25. The summed E-state index contributed by atoms with van der Waals surface area (Å²) in [5, 5.41) is 9.39. The Hall–Kier alpha value is -1.58. The minimum atomic E-state index is -3.67. The van der Waals surface area contributed by atoms with Crippen LogP contribution in [0.5, 0.6) is 0 Å². The smallest absolute Gasteiger partial charge is 0.207 e. The van der Waals surface area contributed by atoms with Gasteiger partial charge >= 0.3 is 0 Å². The summed E-state index contributed by atoms with van der Waals surface area (Å²) >= 11 is 11.9. The molecule has 0 amide bonds. The van der Waals surface area contributed by atoms with Crippen LogP contribution in [0, 0.1) is 11.3 Å². The summed E-state index contributed by atoms with van der Waals surface area (Å²) in [4.78, 5) is 0.0830. The van der Waals surface area contributed by atoms with Crippen LogP contribution in [-0.4, -0.2) is 8.42 Å². The number of benzene rings is 2. The van der Waals surface area contributed by atoms with Crippen LogP contribution < -0.4 is 4.72 Å². The molecule has 2 aromatic rings. The molecule has 0 atom stereocenters. The average Bonchev–Trinajstić information content (AvgIpc) is 2.49. The third-order valence-electron chi connectivity index (χ3n) is 2.78. The lowest BCUT2D eigenvalue weighted by molar-refractivity contribution is 0.581. The molecule has 7 heteroatoms. The normalized spacial score (nSPS) is 11.1. The third kappa shape index (κ3) is 3.74. The molecule has 2 aromatic carbocycles. The van der Waals surface area contributed by atoms with Gasteiger partial charge in [0.2, 0.25) is 10.0 Å². The minimum Gasteiger partial charge on any atom is -0.207 e. The van der Waals surface area contributed by atoms with Crippen molar-refractivity contribution in [1.82, 2.24) is 4.72 Å². The van der Waals surface area contributed by atoms with Crippen LogP contribution >= 0.6 is 23.2 Å². The summed E-state index contributed by atoms with van der Waals surface area (Å²) in [5.74, 6) is 0. The number of sulfonamides is 1. The van der Waals surface area contributed by atoms with E-state index in [0.29, 0.717) is 21.2 Å². The molecule has 108 valence electrons. The number of nitrogens with zero attached hydrogens (tertiary/aromatic N) is 1. The van der Waals surface area contributed by atoms with Gasteiger partial charge in [-0.1, -0.05) is 35.3 Å². The van der Waals surface area contributed by atoms with Crippen LogP contribution in [0.25, 0.3) is 0 Å². The SMILES string of the molecule is N#Cc1ccc(S(=O)(=O)NCc2cccc(Cl)c2Cl)cc1. The summed E-state index contributed by atoms with van der Waals surface area (Å²) in [5.41, 5.74) is 0.980. The van der Waals surface area contributed by atoms with E-state index in [2.05, 4.69) is 4.72 Å². The predicted octanol–water partition coefficient (Wildman–Crippen LogP) is 3.34. The molecule has 0 radical (unpaired) electrons. The largest absolute Gasteiger partial charge is 0.240 e. The first kappa shape index (κ1) is 15.8. The topological polar surface area (TPSA) is 70.0 Å². The summed E-state index contributed by atoms with van der Waals surface area (Å²) in [6, 6.07) is 12.6. The zero-order valence-corrected chi connectivity index (χ0v) is 13.0. The summed E-state index contributed by atoms with van der Waals surface area (Å²) < 4.78 is 26.7. The molecule has 0 aliphatic rings. The van der Waals surface area contributed by atoms with Crippen molar-refractivity contribution in [1.29, 1.82) is 5.26 Å². The number of rotatable bonds is 4. The van der Waals surface area contributed by atoms with Gasteiger partial charge in [0, 0.05) is 6.54 Å². The van der Waals surface area contributed by atoms with Crippen LogP contribution in [0.1, 0.15) is 11.1 Å². The lowest BCUT2D eigenvalue weighted by atomic mass is 10.2. The molecular weight excluding hydrogens is 331 g/mol. The lowest BCUT2D eigenvalue weighted by Gasteiger charge is -2.09. The van der Waals surface area contributed by atoms with Crippen molar-refractivity contribution in [3.8, 4) is 6.07 Å². The van der Waals surface area contributed by atoms with Crippen LogP contribution in [0.4, 0.5) is 0 Å². The van der Waals surface area contributed by atoms with Crippen LogP contribution in [0.2, 0.25) is 10.0 Å². The fraction of sp³-hybridized carbons (Fsp3) is 0.0714. The fourth-order valence-corrected chi connectivity index (χ4v) is 3.04. The Morgan fingerprint density at radius 1 is 1.10 bits per heavy atom. The Kier molecular flexibility index (Phi) is 4.86. The van der Waals surface area contributed by atoms with E-state index < -0.39 is 10.0 Å². The number of hydrogen-bond acceptors (Lipinski definition) is 3. The van der Waals surface area contributed by atoms with Crippen molar-refractivity contribution in [2.75, 3.05) is 0 Å². The highest BCUT2D eigenvalue weighted by molar-refractivity contribution is 7.89. The van der Waals surface area contributed by atoms with E-state index in [-0.39, 0.29) is 11.4 Å². The Morgan fingerprint density at radius 3 is 2.38 bits per heavy atom. The van der Waals surface area contributed by atoms with E-state index in [0.717, 1.165) is 0 Å². The maximum absolute atomic E-state index is 12.1. The van der Waals surface area contributed by atoms with Crippen molar-refractivity contribution >= 4 is 33.2 Å². The molecule has 0 aromatic heterocycles. The second-order valence-corrected chi connectivity index (χ2v) is 6.73. The Balaban J connectivity index is 2.18. The quantitative estimate of drug-likeness (QED) is 0.927. The van der Waals surface area contributed by atoms with Gasteiger partial charge in [0.25, 0.3) is 0 Å². The van der Waals surface area contributed by atoms with Gasteiger partial charge in [-0.2, -0.15) is 5.26 Å². The Morgan fingerprint density at radius 2 is 1.76 bits per heavy atom. The molecule has 0 fully saturated rings. The van der Waals surface area contributed by atoms with E-state index in [1.54, 1.807) is 18.2 Å². The van der Waals surface area contributed by atoms with E-state index in [1.807, 2.05) is 6.07 Å². The van der Waals surface area contributed by atoms with Gasteiger partial charge in [-0.3, -0.25) is 0 Å². The van der Waals surface area contributed by atoms with Crippen LogP contribution in [0.3, 0.4) is 0 Å². The van der Waals surface area contributed by atoms with Crippen LogP contribution in [-0.2, 0) is 16.6 Å². The molecule has 0 bridgehead atoms. The van der Waals surface area contributed by atoms with E-state index >= 15 is 0 Å². The molecule has 2 rings (SSSR count). The molecule has 0 unspecified atom stereocenters. The first-order chi connectivity index (χ1) is 9.94. The maximum atomic E-state index is 12.1. The fourth-order valence-electron chi connectivity index (χ4n) is 1.65. The summed E-state index contributed by atoms with van der Waals surface area (Å²) in [6.07, 6.45) is 0. The molecule has 1 N–H and O–H groups in total. The van der Waals surface area contributed by atoms with Gasteiger partial charge in [-0.15, -0.1) is 0 Å².